The molecule has 0 aromatic heterocycles. The molecule has 2 aromatic carbocycles. The number of sulfone groups is 1. The van der Waals surface area contributed by atoms with Crippen LogP contribution < -0.4 is 5.32 Å². The van der Waals surface area contributed by atoms with Crippen molar-refractivity contribution in [2.24, 2.45) is 0 Å². The molecule has 0 unspecified atom stereocenters. The topological polar surface area (TPSA) is 63.2 Å². The van der Waals surface area contributed by atoms with Crippen LogP contribution in [0.4, 0.5) is 4.39 Å². The molecule has 1 aliphatic rings. The number of hydrogen-bond donors (Lipinski definition) is 1. The van der Waals surface area contributed by atoms with E-state index in [2.05, 4.69) is 5.32 Å². The van der Waals surface area contributed by atoms with Gasteiger partial charge in [-0.3, -0.25) is 4.79 Å². The highest BCUT2D eigenvalue weighted by molar-refractivity contribution is 7.91. The molecular weight excluding hydrogens is 317 g/mol. The van der Waals surface area contributed by atoms with Crippen LogP contribution in [-0.4, -0.2) is 20.1 Å². The van der Waals surface area contributed by atoms with Crippen molar-refractivity contribution in [3.8, 4) is 0 Å². The molecule has 4 nitrogen and oxygen atoms in total. The average molecular weight is 333 g/mol. The van der Waals surface area contributed by atoms with Gasteiger partial charge in [0.2, 0.25) is 0 Å². The summed E-state index contributed by atoms with van der Waals surface area (Å²) in [5, 5.41) is 2.75. The monoisotopic (exact) mass is 333 g/mol. The summed E-state index contributed by atoms with van der Waals surface area (Å²) < 4.78 is 36.8. The molecule has 120 valence electrons. The Morgan fingerprint density at radius 1 is 1.13 bits per heavy atom. The first kappa shape index (κ1) is 15.7. The van der Waals surface area contributed by atoms with Crippen molar-refractivity contribution in [2.45, 2.75) is 24.3 Å². The highest BCUT2D eigenvalue weighted by Gasteiger charge is 2.24. The molecule has 0 saturated heterocycles. The molecule has 0 spiro atoms. The molecule has 0 bridgehead atoms. The van der Waals surface area contributed by atoms with E-state index in [1.807, 2.05) is 0 Å². The van der Waals surface area contributed by atoms with Crippen LogP contribution in [0.2, 0.25) is 0 Å². The van der Waals surface area contributed by atoms with E-state index < -0.39 is 9.84 Å². The molecule has 0 fully saturated rings. The predicted molar refractivity (Wildman–Crippen MR) is 84.4 cm³/mol. The zero-order valence-corrected chi connectivity index (χ0v) is 13.2. The summed E-state index contributed by atoms with van der Waals surface area (Å²) >= 11 is 0. The van der Waals surface area contributed by atoms with Gasteiger partial charge in [0.1, 0.15) is 5.82 Å². The summed E-state index contributed by atoms with van der Waals surface area (Å²) in [4.78, 5) is 12.5. The highest BCUT2D eigenvalue weighted by Crippen LogP contribution is 2.25. The zero-order valence-electron chi connectivity index (χ0n) is 12.4. The SMILES string of the molecule is O=C(NCc1ccc(F)cc1)c1ccc2c(c1)CCCS2(=O)=O. The van der Waals surface area contributed by atoms with Crippen molar-refractivity contribution in [3.63, 3.8) is 0 Å². The third-order valence-electron chi connectivity index (χ3n) is 3.88. The van der Waals surface area contributed by atoms with Gasteiger partial charge in [0.15, 0.2) is 9.84 Å². The third-order valence-corrected chi connectivity index (χ3v) is 5.78. The van der Waals surface area contributed by atoms with Gasteiger partial charge >= 0.3 is 0 Å². The second-order valence-electron chi connectivity index (χ2n) is 5.55. The number of halogens is 1. The molecule has 23 heavy (non-hydrogen) atoms. The number of nitrogens with one attached hydrogen (secondary N) is 1. The number of benzene rings is 2. The van der Waals surface area contributed by atoms with Crippen LogP contribution in [0.25, 0.3) is 0 Å². The number of aryl methyl sites for hydroxylation is 1. The second kappa shape index (κ2) is 6.12. The Kier molecular flexibility index (Phi) is 4.17. The smallest absolute Gasteiger partial charge is 0.251 e. The summed E-state index contributed by atoms with van der Waals surface area (Å²) in [5.41, 5.74) is 1.92. The Balaban J connectivity index is 1.74. The minimum absolute atomic E-state index is 0.163. The minimum Gasteiger partial charge on any atom is -0.348 e. The van der Waals surface area contributed by atoms with Crippen LogP contribution in [0, 0.1) is 5.82 Å². The molecule has 1 heterocycles. The first-order valence-electron chi connectivity index (χ1n) is 7.34. The lowest BCUT2D eigenvalue weighted by Gasteiger charge is -2.17. The van der Waals surface area contributed by atoms with E-state index in [-0.39, 0.29) is 24.0 Å². The first-order valence-corrected chi connectivity index (χ1v) is 8.99. The maximum atomic E-state index is 12.8. The number of hydrogen-bond acceptors (Lipinski definition) is 3. The van der Waals surface area contributed by atoms with E-state index in [1.54, 1.807) is 18.2 Å². The van der Waals surface area contributed by atoms with E-state index >= 15 is 0 Å². The fourth-order valence-electron chi connectivity index (χ4n) is 2.67. The molecule has 3 rings (SSSR count). The normalized spacial score (nSPS) is 15.7. The molecule has 0 radical (unpaired) electrons. The Labute approximate surface area is 134 Å². The number of amides is 1. The van der Waals surface area contributed by atoms with Gasteiger partial charge < -0.3 is 5.32 Å². The maximum absolute atomic E-state index is 12.8. The molecule has 1 amide bonds. The summed E-state index contributed by atoms with van der Waals surface area (Å²) in [5.74, 6) is -0.438. The Hall–Kier alpha value is -2.21. The number of fused-ring (bicyclic) bond motifs is 1. The van der Waals surface area contributed by atoms with Gasteiger partial charge in [-0.25, -0.2) is 12.8 Å². The Morgan fingerprint density at radius 2 is 1.87 bits per heavy atom. The van der Waals surface area contributed by atoms with Crippen molar-refractivity contribution in [2.75, 3.05) is 5.75 Å². The molecule has 0 saturated carbocycles. The van der Waals surface area contributed by atoms with Crippen LogP contribution in [0.15, 0.2) is 47.4 Å². The molecule has 0 atom stereocenters. The number of carbonyl (C=O) groups is 1. The quantitative estimate of drug-likeness (QED) is 0.938. The van der Waals surface area contributed by atoms with Crippen molar-refractivity contribution in [3.05, 3.63) is 65.0 Å². The summed E-state index contributed by atoms with van der Waals surface area (Å²) in [6, 6.07) is 10.6. The lowest BCUT2D eigenvalue weighted by atomic mass is 10.1. The standard InChI is InChI=1S/C17H16FNO3S/c18-15-6-3-12(4-7-15)11-19-17(20)14-5-8-16-13(10-14)2-1-9-23(16,21)22/h3-8,10H,1-2,9,11H2,(H,19,20). The Morgan fingerprint density at radius 3 is 2.61 bits per heavy atom. The van der Waals surface area contributed by atoms with E-state index in [0.717, 1.165) is 5.56 Å². The zero-order chi connectivity index (χ0) is 16.4. The van der Waals surface area contributed by atoms with Crippen LogP contribution >= 0.6 is 0 Å². The summed E-state index contributed by atoms with van der Waals surface area (Å²) in [6.45, 7) is 0.286. The van der Waals surface area contributed by atoms with Crippen molar-refractivity contribution in [1.82, 2.24) is 5.32 Å². The van der Waals surface area contributed by atoms with Crippen LogP contribution in [0.5, 0.6) is 0 Å². The van der Waals surface area contributed by atoms with Gasteiger partial charge in [0, 0.05) is 12.1 Å². The minimum atomic E-state index is -3.21. The van der Waals surface area contributed by atoms with Crippen LogP contribution in [0.3, 0.4) is 0 Å². The number of carbonyl (C=O) groups excluding carboxylic acids is 1. The molecular formula is C17H16FNO3S. The second-order valence-corrected chi connectivity index (χ2v) is 7.63. The molecule has 6 heteroatoms. The summed E-state index contributed by atoms with van der Waals surface area (Å²) in [6.07, 6.45) is 1.24. The Bertz CT molecular complexity index is 845. The molecule has 1 N–H and O–H groups in total. The molecule has 0 aliphatic carbocycles. The van der Waals surface area contributed by atoms with Gasteiger partial charge in [-0.15, -0.1) is 0 Å². The van der Waals surface area contributed by atoms with Crippen LogP contribution in [0.1, 0.15) is 27.9 Å². The van der Waals surface area contributed by atoms with E-state index in [9.17, 15) is 17.6 Å². The summed E-state index contributed by atoms with van der Waals surface area (Å²) in [7, 11) is -3.21. The van der Waals surface area contributed by atoms with Crippen molar-refractivity contribution in [1.29, 1.82) is 0 Å². The lowest BCUT2D eigenvalue weighted by Crippen LogP contribution is -2.24. The van der Waals surface area contributed by atoms with Gasteiger partial charge in [0.05, 0.1) is 10.6 Å². The first-order chi connectivity index (χ1) is 11.0. The van der Waals surface area contributed by atoms with Crippen molar-refractivity contribution < 1.29 is 17.6 Å². The highest BCUT2D eigenvalue weighted by atomic mass is 32.2. The third kappa shape index (κ3) is 3.42. The van der Waals surface area contributed by atoms with E-state index in [0.29, 0.717) is 28.9 Å². The maximum Gasteiger partial charge on any atom is 0.251 e. The lowest BCUT2D eigenvalue weighted by molar-refractivity contribution is 0.0950. The van der Waals surface area contributed by atoms with Gasteiger partial charge in [-0.05, 0) is 54.3 Å². The van der Waals surface area contributed by atoms with Gasteiger partial charge in [0.25, 0.3) is 5.91 Å². The van der Waals surface area contributed by atoms with Crippen LogP contribution in [-0.2, 0) is 22.8 Å². The predicted octanol–water partition coefficient (Wildman–Crippen LogP) is 2.48. The van der Waals surface area contributed by atoms with E-state index in [4.69, 9.17) is 0 Å². The molecule has 2 aromatic rings. The van der Waals surface area contributed by atoms with Gasteiger partial charge in [-0.2, -0.15) is 0 Å². The largest absolute Gasteiger partial charge is 0.348 e. The average Bonchev–Trinajstić information content (AvgIpc) is 2.53. The fraction of sp³-hybridized carbons (Fsp3) is 0.235. The van der Waals surface area contributed by atoms with Crippen molar-refractivity contribution >= 4 is 15.7 Å². The van der Waals surface area contributed by atoms with Gasteiger partial charge in [-0.1, -0.05) is 12.1 Å². The van der Waals surface area contributed by atoms with E-state index in [1.165, 1.54) is 24.3 Å². The molecule has 1 aliphatic heterocycles. The number of rotatable bonds is 3. The fourth-order valence-corrected chi connectivity index (χ4v) is 4.25.